The van der Waals surface area contributed by atoms with Crippen LogP contribution in [0.4, 0.5) is 0 Å². The molecule has 0 aliphatic carbocycles. The van der Waals surface area contributed by atoms with Crippen LogP contribution in [0.2, 0.25) is 12.6 Å². The maximum atomic E-state index is 5.66. The van der Waals surface area contributed by atoms with Crippen LogP contribution in [0.1, 0.15) is 12.8 Å². The van der Waals surface area contributed by atoms with Crippen molar-refractivity contribution >= 4 is 8.56 Å². The van der Waals surface area contributed by atoms with E-state index in [1.54, 1.807) is 14.2 Å². The van der Waals surface area contributed by atoms with E-state index in [1.165, 1.54) is 0 Å². The van der Waals surface area contributed by atoms with Gasteiger partial charge in [0.05, 0.1) is 0 Å². The molecule has 0 amide bonds. The van der Waals surface area contributed by atoms with Gasteiger partial charge in [-0.05, 0) is 57.5 Å². The van der Waals surface area contributed by atoms with E-state index >= 15 is 0 Å². The van der Waals surface area contributed by atoms with Crippen LogP contribution in [0.5, 0.6) is 0 Å². The Labute approximate surface area is 106 Å². The van der Waals surface area contributed by atoms with Crippen molar-refractivity contribution in [3.05, 3.63) is 0 Å². The smallest absolute Gasteiger partial charge is 0.334 e. The van der Waals surface area contributed by atoms with E-state index in [0.29, 0.717) is 19.0 Å². The Morgan fingerprint density at radius 2 is 1.88 bits per heavy atom. The Morgan fingerprint density at radius 3 is 2.35 bits per heavy atom. The second-order valence-electron chi connectivity index (χ2n) is 4.53. The number of nitrogens with two attached hydrogens (primary N) is 2. The molecule has 0 aromatic carbocycles. The summed E-state index contributed by atoms with van der Waals surface area (Å²) in [5, 5.41) is 3.42. The van der Waals surface area contributed by atoms with Crippen LogP contribution in [-0.4, -0.2) is 49.0 Å². The highest BCUT2D eigenvalue weighted by molar-refractivity contribution is 6.65. The van der Waals surface area contributed by atoms with Crippen LogP contribution < -0.4 is 16.8 Å². The highest BCUT2D eigenvalue weighted by Gasteiger charge is 2.27. The molecule has 5 N–H and O–H groups in total. The van der Waals surface area contributed by atoms with Gasteiger partial charge in [0, 0.05) is 14.2 Å². The average Bonchev–Trinajstić information content (AvgIpc) is 2.36. The van der Waals surface area contributed by atoms with Gasteiger partial charge in [-0.25, -0.2) is 0 Å². The van der Waals surface area contributed by atoms with Gasteiger partial charge in [0.2, 0.25) is 0 Å². The van der Waals surface area contributed by atoms with Gasteiger partial charge >= 0.3 is 8.56 Å². The molecule has 0 saturated carbocycles. The zero-order chi connectivity index (χ0) is 13.1. The van der Waals surface area contributed by atoms with Crippen molar-refractivity contribution in [3.63, 3.8) is 0 Å². The molecule has 0 fully saturated rings. The normalized spacial score (nSPS) is 13.9. The van der Waals surface area contributed by atoms with Crippen LogP contribution >= 0.6 is 0 Å². The second-order valence-corrected chi connectivity index (χ2v) is 8.11. The van der Waals surface area contributed by atoms with Crippen molar-refractivity contribution in [1.82, 2.24) is 5.32 Å². The Bertz CT molecular complexity index is 180. The lowest BCUT2D eigenvalue weighted by Crippen LogP contribution is -2.37. The summed E-state index contributed by atoms with van der Waals surface area (Å²) in [5.41, 5.74) is 11.2. The highest BCUT2D eigenvalue weighted by atomic mass is 28.4. The van der Waals surface area contributed by atoms with Crippen molar-refractivity contribution in [2.45, 2.75) is 25.4 Å². The first-order chi connectivity index (χ1) is 8.11. The molecule has 0 radical (unpaired) electrons. The van der Waals surface area contributed by atoms with Gasteiger partial charge in [0.15, 0.2) is 0 Å². The molecule has 0 bridgehead atoms. The van der Waals surface area contributed by atoms with Crippen molar-refractivity contribution < 1.29 is 8.85 Å². The zero-order valence-corrected chi connectivity index (χ0v) is 12.5. The van der Waals surface area contributed by atoms with Gasteiger partial charge in [-0.3, -0.25) is 0 Å². The molecule has 1 unspecified atom stereocenters. The lowest BCUT2D eigenvalue weighted by atomic mass is 10.1. The third-order valence-electron chi connectivity index (χ3n) is 3.19. The summed E-state index contributed by atoms with van der Waals surface area (Å²) in [6.45, 7) is 5.43. The molecule has 6 heteroatoms. The molecular formula is C11H29N3O2Si. The van der Waals surface area contributed by atoms with Crippen LogP contribution in [0, 0.1) is 5.92 Å². The van der Waals surface area contributed by atoms with Gasteiger partial charge in [0.1, 0.15) is 0 Å². The van der Waals surface area contributed by atoms with E-state index in [1.807, 2.05) is 0 Å². The lowest BCUT2D eigenvalue weighted by Gasteiger charge is -2.22. The second kappa shape index (κ2) is 9.99. The van der Waals surface area contributed by atoms with Crippen molar-refractivity contribution in [2.75, 3.05) is 40.4 Å². The van der Waals surface area contributed by atoms with Crippen LogP contribution in [0.3, 0.4) is 0 Å². The molecule has 0 spiro atoms. The first kappa shape index (κ1) is 17.0. The zero-order valence-electron chi connectivity index (χ0n) is 11.5. The minimum absolute atomic E-state index is 0.494. The maximum absolute atomic E-state index is 5.66. The molecular weight excluding hydrogens is 234 g/mol. The summed E-state index contributed by atoms with van der Waals surface area (Å²) < 4.78 is 10.9. The Morgan fingerprint density at radius 1 is 1.24 bits per heavy atom. The quantitative estimate of drug-likeness (QED) is 0.368. The summed E-state index contributed by atoms with van der Waals surface area (Å²) in [6.07, 6.45) is 2.07. The molecule has 1 atom stereocenters. The molecule has 0 aromatic rings. The third-order valence-corrected chi connectivity index (χ3v) is 6.18. The van der Waals surface area contributed by atoms with E-state index in [2.05, 4.69) is 11.9 Å². The van der Waals surface area contributed by atoms with Crippen LogP contribution in [-0.2, 0) is 8.85 Å². The van der Waals surface area contributed by atoms with Gasteiger partial charge < -0.3 is 25.6 Å². The molecule has 0 aromatic heterocycles. The first-order valence-electron chi connectivity index (χ1n) is 6.33. The first-order valence-corrected chi connectivity index (χ1v) is 8.85. The van der Waals surface area contributed by atoms with E-state index in [-0.39, 0.29) is 0 Å². The minimum Gasteiger partial charge on any atom is -0.398 e. The molecule has 0 heterocycles. The van der Waals surface area contributed by atoms with Crippen molar-refractivity contribution in [3.8, 4) is 0 Å². The molecule has 5 nitrogen and oxygen atoms in total. The third kappa shape index (κ3) is 7.85. The molecule has 0 rings (SSSR count). The summed E-state index contributed by atoms with van der Waals surface area (Å²) in [6, 6.07) is 1.01. The highest BCUT2D eigenvalue weighted by Crippen LogP contribution is 2.12. The van der Waals surface area contributed by atoms with E-state index in [4.69, 9.17) is 20.3 Å². The van der Waals surface area contributed by atoms with E-state index in [0.717, 1.165) is 32.0 Å². The van der Waals surface area contributed by atoms with Crippen LogP contribution in [0.25, 0.3) is 0 Å². The minimum atomic E-state index is -1.88. The largest absolute Gasteiger partial charge is 0.398 e. The van der Waals surface area contributed by atoms with E-state index in [9.17, 15) is 0 Å². The summed E-state index contributed by atoms with van der Waals surface area (Å²) in [4.78, 5) is 0. The van der Waals surface area contributed by atoms with Gasteiger partial charge in [-0.1, -0.05) is 0 Å². The summed E-state index contributed by atoms with van der Waals surface area (Å²) >= 11 is 0. The van der Waals surface area contributed by atoms with Gasteiger partial charge in [-0.15, -0.1) is 0 Å². The van der Waals surface area contributed by atoms with Crippen LogP contribution in [0.15, 0.2) is 0 Å². The fourth-order valence-electron chi connectivity index (χ4n) is 1.67. The molecule has 0 saturated heterocycles. The molecule has 0 aliphatic rings. The maximum Gasteiger partial charge on any atom is 0.334 e. The Balaban J connectivity index is 3.57. The van der Waals surface area contributed by atoms with Crippen molar-refractivity contribution in [2.24, 2.45) is 17.4 Å². The number of hydrogen-bond acceptors (Lipinski definition) is 5. The fraction of sp³-hybridized carbons (Fsp3) is 1.00. The predicted molar refractivity (Wildman–Crippen MR) is 74.1 cm³/mol. The number of rotatable bonds is 11. The molecule has 17 heavy (non-hydrogen) atoms. The van der Waals surface area contributed by atoms with Gasteiger partial charge in [0.25, 0.3) is 0 Å². The Kier molecular flexibility index (Phi) is 10.00. The topological polar surface area (TPSA) is 82.5 Å². The molecule has 0 aliphatic heterocycles. The average molecular weight is 263 g/mol. The van der Waals surface area contributed by atoms with Crippen molar-refractivity contribution in [1.29, 1.82) is 0 Å². The standard InChI is InChI=1S/C11H29N3O2Si/c1-15-17(3,16-2)8-4-7-14-10-11(9-13)5-6-12/h11,14H,4-10,12-13H2,1-3H3. The SMILES string of the molecule is CO[Si](C)(CCCNCC(CN)CCN)OC. The monoisotopic (exact) mass is 263 g/mol. The number of nitrogens with one attached hydrogen (secondary N) is 1. The predicted octanol–water partition coefficient (Wildman–Crippen LogP) is 0.255. The van der Waals surface area contributed by atoms with E-state index < -0.39 is 8.56 Å². The number of hydrogen-bond donors (Lipinski definition) is 3. The lowest BCUT2D eigenvalue weighted by molar-refractivity contribution is 0.248. The van der Waals surface area contributed by atoms with Gasteiger partial charge in [-0.2, -0.15) is 0 Å². The summed E-state index contributed by atoms with van der Waals surface area (Å²) in [5.74, 6) is 0.494. The summed E-state index contributed by atoms with van der Waals surface area (Å²) in [7, 11) is 1.58. The fourth-order valence-corrected chi connectivity index (χ4v) is 3.06. The Hall–Kier alpha value is 0.0169. The molecule has 104 valence electrons.